The maximum Gasteiger partial charge on any atom is 0.446 e. The van der Waals surface area contributed by atoms with Gasteiger partial charge in [0.05, 0.1) is 37.4 Å². The predicted molar refractivity (Wildman–Crippen MR) is 294 cm³/mol. The van der Waals surface area contributed by atoms with E-state index in [9.17, 15) is 97.3 Å². The van der Waals surface area contributed by atoms with Gasteiger partial charge in [-0.15, -0.1) is 0 Å². The number of rotatable bonds is 19. The lowest BCUT2D eigenvalue weighted by atomic mass is 9.96. The van der Waals surface area contributed by atoms with Gasteiger partial charge in [-0.1, -0.05) is 64.2 Å². The number of phenols is 1. The lowest BCUT2D eigenvalue weighted by molar-refractivity contribution is -0.149. The molecule has 3 aliphatic heterocycles. The molecule has 0 bridgehead atoms. The first kappa shape index (κ1) is 66.8. The largest absolute Gasteiger partial charge is 0.504 e. The number of nitrogens with zero attached hydrogens (tertiary/aromatic N) is 2. The molecule has 3 aromatic rings. The standard InChI is InChI=1S/C54H74N8O22S/c1-4-5-6-7-8-9-16-83-32-14-12-27-17-30(11-10-28(27)18-32)47(72)56-33-21-37(67)50(75)60-52(77)43-44(69)25(2)23-62(43)54(79)41(36(66)22-39(55)68)58-51(76)42(46(71)45(70)29-13-15-35(65)38(19-29)84-85(80,81)82)59-49(74)34-20-31(64)24-61(34)53(78)40(26(3)63)57-48(33)73/h10-15,17-19,25-26,31,33-34,36-37,40-46,50,63-67,69-71,75H,4-9,16,20-24H2,1-3H3,(H2,55,68)(H,56,72)(H,57,73)(H,58,76)(H,59,74)(H,60,77)(H,80,81,82)/t25-,26+,31+,33-,34-,36+,37+,40-,41-,42-,43-,44-,45-,46-,50+/m0/s1. The van der Waals surface area contributed by atoms with Crippen molar-refractivity contribution in [1.82, 2.24) is 36.4 Å². The van der Waals surface area contributed by atoms with Gasteiger partial charge in [0.25, 0.3) is 5.91 Å². The molecule has 0 radical (unpaired) electrons. The van der Waals surface area contributed by atoms with Crippen molar-refractivity contribution in [3.8, 4) is 17.2 Å². The van der Waals surface area contributed by atoms with Gasteiger partial charge in [0, 0.05) is 37.4 Å². The Morgan fingerprint density at radius 1 is 0.753 bits per heavy atom. The molecule has 0 aromatic heterocycles. The first-order valence-corrected chi connectivity index (χ1v) is 28.9. The van der Waals surface area contributed by atoms with E-state index in [1.165, 1.54) is 19.1 Å². The smallest absolute Gasteiger partial charge is 0.446 e. The van der Waals surface area contributed by atoms with Crippen LogP contribution in [0.1, 0.15) is 101 Å². The van der Waals surface area contributed by atoms with E-state index in [1.807, 2.05) is 10.6 Å². The van der Waals surface area contributed by atoms with Crippen molar-refractivity contribution in [3.05, 3.63) is 65.7 Å². The van der Waals surface area contributed by atoms with E-state index in [0.717, 1.165) is 57.6 Å². The Morgan fingerprint density at radius 2 is 1.39 bits per heavy atom. The van der Waals surface area contributed by atoms with Crippen LogP contribution < -0.4 is 41.2 Å². The number of hydrogen-bond donors (Lipinski definition) is 16. The molecule has 8 amide bonds. The molecule has 3 heterocycles. The number of nitrogens with two attached hydrogens (primary N) is 1. The number of nitrogens with one attached hydrogen (secondary N) is 5. The summed E-state index contributed by atoms with van der Waals surface area (Å²) in [5, 5.41) is 113. The second kappa shape index (κ2) is 29.2. The van der Waals surface area contributed by atoms with Crippen molar-refractivity contribution in [2.75, 3.05) is 19.7 Å². The number of carbonyl (C=O) groups excluding carboxylic acids is 8. The van der Waals surface area contributed by atoms with Crippen LogP contribution in [0.5, 0.6) is 17.2 Å². The van der Waals surface area contributed by atoms with Gasteiger partial charge < -0.3 is 97.0 Å². The summed E-state index contributed by atoms with van der Waals surface area (Å²) in [7, 11) is -5.35. The van der Waals surface area contributed by atoms with Crippen molar-refractivity contribution >= 4 is 68.4 Å². The Morgan fingerprint density at radius 3 is 2.06 bits per heavy atom. The molecular weight excluding hydrogens is 1140 g/mol. The number of carbonyl (C=O) groups is 8. The normalized spacial score (nSPS) is 27.2. The SMILES string of the molecule is CCCCCCCCOc1ccc2cc(C(=O)N[C@H]3C[C@@H](O)[C@@H](O)NC(=O)[C@@H]4[C@@H](O)[C@@H](C)CN4C(=O)[C@H]([C@H](O)CC(N)=O)NC(=O)[C@H]([C@H](O)[C@@H](O)c4ccc(O)c(OS(=O)(=O)O)c4)NC(=O)[C@@H]4C[C@@H](O)CN4C(=O)[C@H]([C@@H](C)O)NC3=O)ccc2c1. The van der Waals surface area contributed by atoms with E-state index in [-0.39, 0.29) is 5.56 Å². The first-order valence-electron chi connectivity index (χ1n) is 27.5. The van der Waals surface area contributed by atoms with Crippen molar-refractivity contribution in [2.45, 2.75) is 164 Å². The van der Waals surface area contributed by atoms with Gasteiger partial charge in [-0.05, 0) is 66.1 Å². The van der Waals surface area contributed by atoms with Crippen LogP contribution in [0.15, 0.2) is 54.6 Å². The van der Waals surface area contributed by atoms with E-state index in [0.29, 0.717) is 39.0 Å². The van der Waals surface area contributed by atoms with E-state index >= 15 is 0 Å². The minimum atomic E-state index is -5.35. The number of fused-ring (bicyclic) bond motifs is 3. The van der Waals surface area contributed by atoms with Crippen LogP contribution in [0.4, 0.5) is 0 Å². The molecule has 0 saturated carbocycles. The maximum absolute atomic E-state index is 14.7. The van der Waals surface area contributed by atoms with Gasteiger partial charge in [-0.2, -0.15) is 8.42 Å². The van der Waals surface area contributed by atoms with Gasteiger partial charge in [0.1, 0.15) is 60.3 Å². The lowest BCUT2D eigenvalue weighted by Gasteiger charge is -2.34. The molecular formula is C54H74N8O22S. The van der Waals surface area contributed by atoms with Crippen molar-refractivity contribution in [2.24, 2.45) is 11.7 Å². The molecule has 0 spiro atoms. The van der Waals surface area contributed by atoms with Crippen LogP contribution in [-0.4, -0.2) is 215 Å². The fraction of sp³-hybridized carbons (Fsp3) is 0.556. The van der Waals surface area contributed by atoms with E-state index in [1.54, 1.807) is 24.3 Å². The Balaban J connectivity index is 1.39. The maximum atomic E-state index is 14.7. The van der Waals surface area contributed by atoms with Crippen molar-refractivity contribution in [1.29, 1.82) is 0 Å². The van der Waals surface area contributed by atoms with Crippen molar-refractivity contribution in [3.63, 3.8) is 0 Å². The number of benzene rings is 3. The summed E-state index contributed by atoms with van der Waals surface area (Å²) in [5.74, 6) is -13.2. The molecule has 468 valence electrons. The highest BCUT2D eigenvalue weighted by Crippen LogP contribution is 2.33. The van der Waals surface area contributed by atoms with Crippen LogP contribution >= 0.6 is 0 Å². The number of aromatic hydroxyl groups is 1. The molecule has 0 aliphatic carbocycles. The molecule has 17 N–H and O–H groups in total. The summed E-state index contributed by atoms with van der Waals surface area (Å²) in [4.78, 5) is 114. The Hall–Kier alpha value is -7.33. The molecule has 0 unspecified atom stereocenters. The number of aliphatic hydroxyl groups is 8. The molecule has 3 saturated heterocycles. The minimum Gasteiger partial charge on any atom is -0.504 e. The first-order chi connectivity index (χ1) is 40.0. The van der Waals surface area contributed by atoms with E-state index in [4.69, 9.17) is 10.5 Å². The third-order valence-electron chi connectivity index (χ3n) is 14.9. The lowest BCUT2D eigenvalue weighted by Crippen LogP contribution is -2.64. The predicted octanol–water partition coefficient (Wildman–Crippen LogP) is -3.90. The number of ether oxygens (including phenoxy) is 1. The zero-order valence-corrected chi connectivity index (χ0v) is 47.4. The van der Waals surface area contributed by atoms with Crippen LogP contribution in [0.2, 0.25) is 0 Å². The number of primary amides is 1. The summed E-state index contributed by atoms with van der Waals surface area (Å²) in [6.07, 6.45) is -13.7. The number of unbranched alkanes of at least 4 members (excludes halogenated alkanes) is 5. The highest BCUT2D eigenvalue weighted by molar-refractivity contribution is 7.81. The van der Waals surface area contributed by atoms with E-state index in [2.05, 4.69) is 27.1 Å². The molecule has 15 atom stereocenters. The second-order valence-electron chi connectivity index (χ2n) is 21.5. The summed E-state index contributed by atoms with van der Waals surface area (Å²) < 4.78 is 42.6. The van der Waals surface area contributed by atoms with Gasteiger partial charge >= 0.3 is 10.4 Å². The number of phenolic OH excluding ortho intramolecular Hbond substituents is 1. The van der Waals surface area contributed by atoms with Crippen LogP contribution in [0.25, 0.3) is 10.8 Å². The van der Waals surface area contributed by atoms with Gasteiger partial charge in [0.15, 0.2) is 17.7 Å². The summed E-state index contributed by atoms with van der Waals surface area (Å²) >= 11 is 0. The third-order valence-corrected chi connectivity index (χ3v) is 15.3. The Kier molecular flexibility index (Phi) is 22.9. The highest BCUT2D eigenvalue weighted by Gasteiger charge is 2.51. The summed E-state index contributed by atoms with van der Waals surface area (Å²) in [5.41, 5.74) is 4.72. The van der Waals surface area contributed by atoms with Crippen LogP contribution in [0.3, 0.4) is 0 Å². The van der Waals surface area contributed by atoms with Crippen LogP contribution in [-0.2, 0) is 44.0 Å². The molecule has 30 nitrogen and oxygen atoms in total. The van der Waals surface area contributed by atoms with Crippen molar-refractivity contribution < 1.29 is 106 Å². The number of aliphatic hydroxyl groups excluding tert-OH is 8. The number of hydrogen-bond acceptors (Lipinski definition) is 21. The van der Waals surface area contributed by atoms with Gasteiger partial charge in [-0.3, -0.25) is 42.9 Å². The average molecular weight is 1220 g/mol. The zero-order valence-electron chi connectivity index (χ0n) is 46.6. The molecule has 31 heteroatoms. The minimum absolute atomic E-state index is 0.0361. The molecule has 85 heavy (non-hydrogen) atoms. The Labute approximate surface area is 487 Å². The average Bonchev–Trinajstić information content (AvgIpc) is 2.39. The number of amides is 8. The van der Waals surface area contributed by atoms with Crippen LogP contribution in [0, 0.1) is 5.92 Å². The molecule has 3 aliphatic rings. The summed E-state index contributed by atoms with van der Waals surface area (Å²) in [6, 6.07) is -1.18. The fourth-order valence-corrected chi connectivity index (χ4v) is 10.6. The molecule has 3 aromatic carbocycles. The Bertz CT molecular complexity index is 3050. The fourth-order valence-electron chi connectivity index (χ4n) is 10.3. The highest BCUT2D eigenvalue weighted by atomic mass is 32.3. The van der Waals surface area contributed by atoms with E-state index < -0.39 is 198 Å². The van der Waals surface area contributed by atoms with Gasteiger partial charge in [-0.25, -0.2) is 0 Å². The topological polar surface area (TPSA) is 484 Å². The molecule has 3 fully saturated rings. The quantitative estimate of drug-likeness (QED) is 0.0403. The van der Waals surface area contributed by atoms with Gasteiger partial charge in [0.2, 0.25) is 41.4 Å². The monoisotopic (exact) mass is 1220 g/mol. The summed E-state index contributed by atoms with van der Waals surface area (Å²) in [6.45, 7) is 3.75. The third kappa shape index (κ3) is 17.2. The molecule has 6 rings (SSSR count). The zero-order chi connectivity index (χ0) is 62.8. The second-order valence-corrected chi connectivity index (χ2v) is 22.6.